The van der Waals surface area contributed by atoms with Gasteiger partial charge in [-0.1, -0.05) is 188 Å². The van der Waals surface area contributed by atoms with Crippen LogP contribution in [0.5, 0.6) is 0 Å². The van der Waals surface area contributed by atoms with Gasteiger partial charge in [0.05, 0.1) is 11.4 Å². The summed E-state index contributed by atoms with van der Waals surface area (Å²) in [5, 5.41) is 9.76. The van der Waals surface area contributed by atoms with E-state index in [1.165, 1.54) is 43.1 Å². The van der Waals surface area contributed by atoms with Crippen molar-refractivity contribution in [1.29, 1.82) is 0 Å². The van der Waals surface area contributed by atoms with Crippen molar-refractivity contribution in [3.05, 3.63) is 297 Å². The van der Waals surface area contributed by atoms with Crippen molar-refractivity contribution in [2.75, 3.05) is 14.7 Å². The Bertz CT molecular complexity index is 3840. The fourth-order valence-electron chi connectivity index (χ4n) is 10.5. The maximum Gasteiger partial charge on any atom is 0.0540 e. The molecule has 0 amide bonds. The van der Waals surface area contributed by atoms with Crippen molar-refractivity contribution in [2.24, 2.45) is 0 Å². The number of para-hydroxylation sites is 2. The minimum atomic E-state index is 1.08. The maximum absolute atomic E-state index is 2.37. The molecule has 3 nitrogen and oxygen atoms in total. The molecule has 0 aliphatic carbocycles. The summed E-state index contributed by atoms with van der Waals surface area (Å²) in [7, 11) is 0. The molecule has 3 heteroatoms. The highest BCUT2D eigenvalue weighted by molar-refractivity contribution is 6.02. The van der Waals surface area contributed by atoms with Crippen LogP contribution < -0.4 is 14.7 Å². The summed E-state index contributed by atoms with van der Waals surface area (Å²) in [6, 6.07) is 108. The van der Waals surface area contributed by atoms with E-state index < -0.39 is 0 Å². The Hall–Kier alpha value is -9.70. The van der Waals surface area contributed by atoms with Crippen molar-refractivity contribution in [3.8, 4) is 22.3 Å². The third-order valence-corrected chi connectivity index (χ3v) is 14.2. The van der Waals surface area contributed by atoms with Crippen LogP contribution in [0, 0.1) is 0 Å². The van der Waals surface area contributed by atoms with Crippen molar-refractivity contribution in [1.82, 2.24) is 0 Å². The first-order chi connectivity index (χ1) is 36.2. The molecule has 0 unspecified atom stereocenters. The molecule has 0 saturated carbocycles. The summed E-state index contributed by atoms with van der Waals surface area (Å²) >= 11 is 0. The van der Waals surface area contributed by atoms with Gasteiger partial charge >= 0.3 is 0 Å². The first-order valence-corrected chi connectivity index (χ1v) is 25.0. The highest BCUT2D eigenvalue weighted by Gasteiger charge is 2.19. The topological polar surface area (TPSA) is 9.72 Å². The minimum Gasteiger partial charge on any atom is -0.310 e. The summed E-state index contributed by atoms with van der Waals surface area (Å²) in [6.07, 6.45) is 0. The van der Waals surface area contributed by atoms with Crippen molar-refractivity contribution in [3.63, 3.8) is 0 Å². The molecule has 13 rings (SSSR count). The van der Waals surface area contributed by atoms with Crippen LogP contribution in [0.1, 0.15) is 0 Å². The van der Waals surface area contributed by atoms with Crippen molar-refractivity contribution >= 4 is 94.3 Å². The molecule has 0 saturated heterocycles. The van der Waals surface area contributed by atoms with Gasteiger partial charge in [-0.05, 0) is 164 Å². The number of rotatable bonds is 11. The molecule has 0 aromatic heterocycles. The second-order valence-corrected chi connectivity index (χ2v) is 18.6. The molecule has 0 aliphatic rings. The van der Waals surface area contributed by atoms with E-state index in [0.717, 1.165) is 73.4 Å². The van der Waals surface area contributed by atoms with Crippen molar-refractivity contribution < 1.29 is 0 Å². The van der Waals surface area contributed by atoms with Gasteiger partial charge in [0.15, 0.2) is 0 Å². The standard InChI is InChI=1S/C70H49N3/c1-3-21-60(22-4-1)72(69-27-13-19-54-15-9-11-25-67(54)69)64-42-33-52(34-43-64)50-29-38-62(39-30-50)71(66-46-37-58-47-56-17-7-8-18-57(56)48-59(58)49-66)63-40-31-51(32-41-63)53-35-44-65(45-36-53)73(61-23-5-2-6-24-61)70-28-14-20-55-16-10-12-26-68(55)70/h1-49H. The van der Waals surface area contributed by atoms with Crippen LogP contribution in [0.4, 0.5) is 51.2 Å². The molecule has 0 spiro atoms. The number of hydrogen-bond acceptors (Lipinski definition) is 3. The highest BCUT2D eigenvalue weighted by Crippen LogP contribution is 2.43. The summed E-state index contributed by atoms with van der Waals surface area (Å²) in [5.41, 5.74) is 14.6. The fourth-order valence-corrected chi connectivity index (χ4v) is 10.5. The van der Waals surface area contributed by atoms with Gasteiger partial charge < -0.3 is 14.7 Å². The van der Waals surface area contributed by atoms with Gasteiger partial charge in [-0.15, -0.1) is 0 Å². The predicted molar refractivity (Wildman–Crippen MR) is 311 cm³/mol. The molecule has 0 bridgehead atoms. The van der Waals surface area contributed by atoms with Gasteiger partial charge in [-0.2, -0.15) is 0 Å². The Kier molecular flexibility index (Phi) is 11.2. The van der Waals surface area contributed by atoms with Crippen LogP contribution in [0.15, 0.2) is 297 Å². The van der Waals surface area contributed by atoms with Crippen LogP contribution in [-0.4, -0.2) is 0 Å². The quantitative estimate of drug-likeness (QED) is 0.120. The number of anilines is 9. The zero-order valence-electron chi connectivity index (χ0n) is 40.1. The Morgan fingerprint density at radius 3 is 0.890 bits per heavy atom. The Labute approximate surface area is 426 Å². The van der Waals surface area contributed by atoms with E-state index in [0.29, 0.717) is 0 Å². The zero-order valence-corrected chi connectivity index (χ0v) is 40.1. The lowest BCUT2D eigenvalue weighted by atomic mass is 10.0. The Morgan fingerprint density at radius 2 is 0.466 bits per heavy atom. The number of hydrogen-bond donors (Lipinski definition) is 0. The largest absolute Gasteiger partial charge is 0.310 e. The molecule has 344 valence electrons. The summed E-state index contributed by atoms with van der Waals surface area (Å²) < 4.78 is 0. The molecular formula is C70H49N3. The minimum absolute atomic E-state index is 1.08. The fraction of sp³-hybridized carbons (Fsp3) is 0. The van der Waals surface area contributed by atoms with E-state index in [9.17, 15) is 0 Å². The van der Waals surface area contributed by atoms with Crippen LogP contribution >= 0.6 is 0 Å². The van der Waals surface area contributed by atoms with Crippen LogP contribution in [0.3, 0.4) is 0 Å². The monoisotopic (exact) mass is 931 g/mol. The maximum atomic E-state index is 2.37. The molecule has 0 N–H and O–H groups in total. The summed E-state index contributed by atoms with van der Waals surface area (Å²) in [4.78, 5) is 7.08. The second-order valence-electron chi connectivity index (χ2n) is 18.6. The lowest BCUT2D eigenvalue weighted by molar-refractivity contribution is 1.29. The van der Waals surface area contributed by atoms with Crippen LogP contribution in [0.2, 0.25) is 0 Å². The van der Waals surface area contributed by atoms with E-state index in [2.05, 4.69) is 312 Å². The van der Waals surface area contributed by atoms with Gasteiger partial charge in [0.1, 0.15) is 0 Å². The van der Waals surface area contributed by atoms with Crippen LogP contribution in [-0.2, 0) is 0 Å². The molecule has 13 aromatic carbocycles. The highest BCUT2D eigenvalue weighted by atomic mass is 15.2. The van der Waals surface area contributed by atoms with Gasteiger partial charge in [-0.3, -0.25) is 0 Å². The molecule has 0 fully saturated rings. The number of nitrogens with zero attached hydrogens (tertiary/aromatic N) is 3. The van der Waals surface area contributed by atoms with Crippen LogP contribution in [0.25, 0.3) is 65.3 Å². The van der Waals surface area contributed by atoms with Gasteiger partial charge in [-0.25, -0.2) is 0 Å². The lowest BCUT2D eigenvalue weighted by Crippen LogP contribution is -2.10. The molecule has 0 atom stereocenters. The van der Waals surface area contributed by atoms with Gasteiger partial charge in [0.2, 0.25) is 0 Å². The second kappa shape index (κ2) is 18.9. The van der Waals surface area contributed by atoms with E-state index in [-0.39, 0.29) is 0 Å². The average molecular weight is 932 g/mol. The molecule has 73 heavy (non-hydrogen) atoms. The first-order valence-electron chi connectivity index (χ1n) is 25.0. The van der Waals surface area contributed by atoms with Gasteiger partial charge in [0.25, 0.3) is 0 Å². The lowest BCUT2D eigenvalue weighted by Gasteiger charge is -2.27. The number of benzene rings is 13. The molecule has 0 aliphatic heterocycles. The first kappa shape index (κ1) is 43.3. The zero-order chi connectivity index (χ0) is 48.5. The smallest absolute Gasteiger partial charge is 0.0540 e. The molecule has 0 radical (unpaired) electrons. The third kappa shape index (κ3) is 8.39. The van der Waals surface area contributed by atoms with E-state index >= 15 is 0 Å². The van der Waals surface area contributed by atoms with E-state index in [4.69, 9.17) is 0 Å². The van der Waals surface area contributed by atoms with E-state index in [1.54, 1.807) is 0 Å². The Morgan fingerprint density at radius 1 is 0.164 bits per heavy atom. The van der Waals surface area contributed by atoms with Gasteiger partial charge in [0, 0.05) is 50.6 Å². The average Bonchev–Trinajstić information content (AvgIpc) is 3.46. The summed E-state index contributed by atoms with van der Waals surface area (Å²) in [5.74, 6) is 0. The Balaban J connectivity index is 0.835. The summed E-state index contributed by atoms with van der Waals surface area (Å²) in [6.45, 7) is 0. The van der Waals surface area contributed by atoms with E-state index in [1.807, 2.05) is 0 Å². The third-order valence-electron chi connectivity index (χ3n) is 14.2. The SMILES string of the molecule is c1ccc(N(c2ccc(-c3ccc(N(c4ccc(-c5ccc(N(c6ccccc6)c6cccc7ccccc67)cc5)cc4)c4ccc5cc6ccccc6cc5c4)cc3)cc2)c2cccc3ccccc23)cc1. The molecule has 13 aromatic rings. The number of fused-ring (bicyclic) bond motifs is 4. The normalized spacial score (nSPS) is 11.3. The van der Waals surface area contributed by atoms with Crippen molar-refractivity contribution in [2.45, 2.75) is 0 Å². The molecular weight excluding hydrogens is 883 g/mol. The predicted octanol–water partition coefficient (Wildman–Crippen LogP) is 20.0. The molecule has 0 heterocycles.